The van der Waals surface area contributed by atoms with Crippen LogP contribution in [0.4, 0.5) is 13.2 Å². The molecule has 0 unspecified atom stereocenters. The molecule has 0 aromatic heterocycles. The first-order valence-corrected chi connectivity index (χ1v) is 7.80. The van der Waals surface area contributed by atoms with Crippen LogP contribution in [-0.4, -0.2) is 36.7 Å². The van der Waals surface area contributed by atoms with Crippen molar-refractivity contribution in [2.45, 2.75) is 42.9 Å². The summed E-state index contributed by atoms with van der Waals surface area (Å²) in [5, 5.41) is -0.471. The highest BCUT2D eigenvalue weighted by Gasteiger charge is 2.44. The summed E-state index contributed by atoms with van der Waals surface area (Å²) in [6.07, 6.45) is 4.25. The summed E-state index contributed by atoms with van der Waals surface area (Å²) in [7, 11) is -9.57. The Labute approximate surface area is 103 Å². The number of hydrogen-bond acceptors (Lipinski definition) is 4. The highest BCUT2D eigenvalue weighted by Crippen LogP contribution is 2.22. The Morgan fingerprint density at radius 3 is 1.39 bits per heavy atom. The second-order valence-electron chi connectivity index (χ2n) is 3.70. The summed E-state index contributed by atoms with van der Waals surface area (Å²) in [6, 6.07) is 0. The molecular weight excluding hydrogens is 301 g/mol. The standard InChI is InChI=1S/C6H12O3S.CHF3O3S/c7-10(8,9)6-4-2-1-3-5-6;2-1(3,4)8(5,6)7/h6H,1-5H2,(H,7,8,9);(H,5,6,7). The van der Waals surface area contributed by atoms with Crippen LogP contribution < -0.4 is 0 Å². The molecule has 0 radical (unpaired) electrons. The van der Waals surface area contributed by atoms with E-state index in [-0.39, 0.29) is 0 Å². The zero-order valence-corrected chi connectivity index (χ0v) is 10.7. The van der Waals surface area contributed by atoms with Crippen molar-refractivity contribution < 1.29 is 39.1 Å². The number of halogens is 3. The Kier molecular flexibility index (Phi) is 6.04. The van der Waals surface area contributed by atoms with E-state index in [4.69, 9.17) is 17.5 Å². The van der Waals surface area contributed by atoms with E-state index in [2.05, 4.69) is 0 Å². The third kappa shape index (κ3) is 6.52. The van der Waals surface area contributed by atoms with Crippen molar-refractivity contribution in [2.24, 2.45) is 0 Å². The fourth-order valence-corrected chi connectivity index (χ4v) is 2.29. The van der Waals surface area contributed by atoms with Gasteiger partial charge >= 0.3 is 15.6 Å². The summed E-state index contributed by atoms with van der Waals surface area (Å²) in [5.41, 5.74) is -5.53. The highest BCUT2D eigenvalue weighted by atomic mass is 32.2. The van der Waals surface area contributed by atoms with Crippen LogP contribution >= 0.6 is 0 Å². The molecule has 0 aromatic rings. The van der Waals surface area contributed by atoms with Gasteiger partial charge in [-0.05, 0) is 12.8 Å². The van der Waals surface area contributed by atoms with E-state index >= 15 is 0 Å². The van der Waals surface area contributed by atoms with E-state index in [0.717, 1.165) is 19.3 Å². The third-order valence-corrected chi connectivity index (χ3v) is 4.16. The molecule has 0 heterocycles. The number of rotatable bonds is 1. The summed E-state index contributed by atoms with van der Waals surface area (Å²) >= 11 is 0. The van der Waals surface area contributed by atoms with Gasteiger partial charge in [0.2, 0.25) is 0 Å². The normalized spacial score (nSPS) is 18.9. The first-order chi connectivity index (χ1) is 7.86. The smallest absolute Gasteiger partial charge is 0.285 e. The van der Waals surface area contributed by atoms with Gasteiger partial charge in [0.15, 0.2) is 0 Å². The molecule has 110 valence electrons. The van der Waals surface area contributed by atoms with Gasteiger partial charge in [0.25, 0.3) is 10.1 Å². The molecule has 0 saturated heterocycles. The minimum Gasteiger partial charge on any atom is -0.285 e. The zero-order valence-electron chi connectivity index (χ0n) is 9.09. The fourth-order valence-electron chi connectivity index (χ4n) is 1.36. The van der Waals surface area contributed by atoms with E-state index in [1.165, 1.54) is 0 Å². The van der Waals surface area contributed by atoms with E-state index in [0.29, 0.717) is 12.8 Å². The lowest BCUT2D eigenvalue weighted by Gasteiger charge is -2.17. The van der Waals surface area contributed by atoms with Crippen LogP contribution in [0.5, 0.6) is 0 Å². The molecule has 2 N–H and O–H groups in total. The molecule has 11 heteroatoms. The molecule has 1 aliphatic rings. The van der Waals surface area contributed by atoms with Gasteiger partial charge in [0, 0.05) is 0 Å². The molecule has 1 aliphatic carbocycles. The Morgan fingerprint density at radius 2 is 1.22 bits per heavy atom. The molecule has 0 aliphatic heterocycles. The van der Waals surface area contributed by atoms with Gasteiger partial charge in [-0.25, -0.2) is 0 Å². The van der Waals surface area contributed by atoms with E-state index < -0.39 is 31.0 Å². The topological polar surface area (TPSA) is 109 Å². The number of alkyl halides is 3. The molecule has 0 spiro atoms. The molecule has 6 nitrogen and oxygen atoms in total. The fraction of sp³-hybridized carbons (Fsp3) is 1.00. The maximum Gasteiger partial charge on any atom is 0.522 e. The molecule has 18 heavy (non-hydrogen) atoms. The van der Waals surface area contributed by atoms with Crippen molar-refractivity contribution in [3.05, 3.63) is 0 Å². The minimum atomic E-state index is -5.84. The Hall–Kier alpha value is -0.390. The minimum absolute atomic E-state index is 0.471. The average molecular weight is 314 g/mol. The second-order valence-corrected chi connectivity index (χ2v) is 6.81. The van der Waals surface area contributed by atoms with Crippen molar-refractivity contribution in [1.82, 2.24) is 0 Å². The predicted octanol–water partition coefficient (Wildman–Crippen LogP) is 1.60. The Bertz CT molecular complexity index is 446. The van der Waals surface area contributed by atoms with Crippen molar-refractivity contribution in [2.75, 3.05) is 0 Å². The SMILES string of the molecule is O=S(=O)(O)C(F)(F)F.O=S(=O)(O)C1CCCCC1. The second kappa shape index (κ2) is 6.17. The van der Waals surface area contributed by atoms with Gasteiger partial charge in [-0.3, -0.25) is 9.11 Å². The highest BCUT2D eigenvalue weighted by molar-refractivity contribution is 7.86. The zero-order chi connectivity index (χ0) is 14.6. The Morgan fingerprint density at radius 1 is 0.889 bits per heavy atom. The van der Waals surface area contributed by atoms with Gasteiger partial charge in [0.05, 0.1) is 5.25 Å². The average Bonchev–Trinajstić information content (AvgIpc) is 2.15. The molecule has 1 saturated carbocycles. The van der Waals surface area contributed by atoms with Crippen molar-refractivity contribution in [3.63, 3.8) is 0 Å². The van der Waals surface area contributed by atoms with Crippen LogP contribution in [0.3, 0.4) is 0 Å². The van der Waals surface area contributed by atoms with E-state index in [1.54, 1.807) is 0 Å². The van der Waals surface area contributed by atoms with Crippen LogP contribution in [0.25, 0.3) is 0 Å². The van der Waals surface area contributed by atoms with Gasteiger partial charge in [-0.15, -0.1) is 0 Å². The van der Waals surface area contributed by atoms with Crippen LogP contribution in [-0.2, 0) is 20.2 Å². The van der Waals surface area contributed by atoms with Crippen LogP contribution in [0, 0.1) is 0 Å². The quantitative estimate of drug-likeness (QED) is 0.562. The molecule has 0 bridgehead atoms. The molecule has 0 amide bonds. The summed E-state index contributed by atoms with van der Waals surface area (Å²) < 4.78 is 87.2. The van der Waals surface area contributed by atoms with E-state index in [1.807, 2.05) is 0 Å². The first kappa shape index (κ1) is 17.6. The van der Waals surface area contributed by atoms with Crippen LogP contribution in [0.15, 0.2) is 0 Å². The molecular formula is C7H13F3O6S2. The lowest BCUT2D eigenvalue weighted by atomic mass is 10.0. The first-order valence-electron chi connectivity index (χ1n) is 4.86. The number of hydrogen-bond donors (Lipinski definition) is 2. The van der Waals surface area contributed by atoms with Crippen molar-refractivity contribution >= 4 is 20.2 Å². The van der Waals surface area contributed by atoms with Crippen molar-refractivity contribution in [1.29, 1.82) is 0 Å². The largest absolute Gasteiger partial charge is 0.522 e. The lowest BCUT2D eigenvalue weighted by Crippen LogP contribution is -2.22. The van der Waals surface area contributed by atoms with Gasteiger partial charge in [-0.2, -0.15) is 30.0 Å². The maximum absolute atomic E-state index is 10.7. The summed E-state index contributed by atoms with van der Waals surface area (Å²) in [5.74, 6) is 0. The maximum atomic E-state index is 10.7. The van der Waals surface area contributed by atoms with E-state index in [9.17, 15) is 21.6 Å². The Balaban J connectivity index is 0.000000331. The van der Waals surface area contributed by atoms with Crippen LogP contribution in [0.2, 0.25) is 0 Å². The molecule has 0 atom stereocenters. The monoisotopic (exact) mass is 314 g/mol. The summed E-state index contributed by atoms with van der Waals surface area (Å²) in [4.78, 5) is 0. The van der Waals surface area contributed by atoms with Gasteiger partial charge in [-0.1, -0.05) is 19.3 Å². The molecule has 1 fully saturated rings. The van der Waals surface area contributed by atoms with Crippen molar-refractivity contribution in [3.8, 4) is 0 Å². The lowest BCUT2D eigenvalue weighted by molar-refractivity contribution is -0.0510. The molecule has 1 rings (SSSR count). The van der Waals surface area contributed by atoms with Crippen LogP contribution in [0.1, 0.15) is 32.1 Å². The van der Waals surface area contributed by atoms with Gasteiger partial charge < -0.3 is 0 Å². The summed E-state index contributed by atoms with van der Waals surface area (Å²) in [6.45, 7) is 0. The third-order valence-electron chi connectivity index (χ3n) is 2.27. The predicted molar refractivity (Wildman–Crippen MR) is 56.0 cm³/mol. The van der Waals surface area contributed by atoms with Gasteiger partial charge in [0.1, 0.15) is 0 Å². The molecule has 0 aromatic carbocycles.